The highest BCUT2D eigenvalue weighted by Crippen LogP contribution is 2.26. The van der Waals surface area contributed by atoms with Crippen LogP contribution >= 0.6 is 0 Å². The van der Waals surface area contributed by atoms with E-state index < -0.39 is 11.8 Å². The van der Waals surface area contributed by atoms with E-state index in [1.165, 1.54) is 6.07 Å². The van der Waals surface area contributed by atoms with Crippen LogP contribution in [0.25, 0.3) is 28.1 Å². The summed E-state index contributed by atoms with van der Waals surface area (Å²) in [5, 5.41) is 8.33. The summed E-state index contributed by atoms with van der Waals surface area (Å²) in [6.45, 7) is 3.84. The molecular weight excluding hydrogens is 335 g/mol. The van der Waals surface area contributed by atoms with E-state index in [1.54, 1.807) is 47.7 Å². The molecule has 130 valence electrons. The summed E-state index contributed by atoms with van der Waals surface area (Å²) < 4.78 is 21.1. The van der Waals surface area contributed by atoms with Gasteiger partial charge in [-0.25, -0.2) is 14.2 Å². The molecule has 0 bridgehead atoms. The number of aromatic nitrogens is 4. The van der Waals surface area contributed by atoms with Crippen molar-refractivity contribution in [1.82, 2.24) is 19.6 Å². The highest BCUT2D eigenvalue weighted by Gasteiger charge is 2.18. The van der Waals surface area contributed by atoms with Crippen molar-refractivity contribution in [2.75, 3.05) is 6.61 Å². The number of benzene rings is 2. The van der Waals surface area contributed by atoms with E-state index >= 15 is 0 Å². The number of hydrogen-bond donors (Lipinski definition) is 0. The molecule has 0 saturated heterocycles. The largest absolute Gasteiger partial charge is 0.462 e. The first-order valence-electron chi connectivity index (χ1n) is 8.17. The number of rotatable bonds is 3. The van der Waals surface area contributed by atoms with Gasteiger partial charge in [-0.15, -0.1) is 10.2 Å². The molecule has 4 rings (SSSR count). The van der Waals surface area contributed by atoms with Gasteiger partial charge in [-0.05, 0) is 44.2 Å². The second kappa shape index (κ2) is 6.18. The normalized spacial score (nSPS) is 11.2. The van der Waals surface area contributed by atoms with Gasteiger partial charge in [0.15, 0.2) is 11.5 Å². The van der Waals surface area contributed by atoms with Crippen molar-refractivity contribution in [2.24, 2.45) is 0 Å². The first-order chi connectivity index (χ1) is 12.6. The quantitative estimate of drug-likeness (QED) is 0.528. The van der Waals surface area contributed by atoms with E-state index in [4.69, 9.17) is 4.74 Å². The Morgan fingerprint density at radius 2 is 2.00 bits per heavy atom. The van der Waals surface area contributed by atoms with Crippen LogP contribution in [-0.4, -0.2) is 32.2 Å². The van der Waals surface area contributed by atoms with Crippen LogP contribution in [-0.2, 0) is 4.74 Å². The highest BCUT2D eigenvalue weighted by atomic mass is 19.1. The SMILES string of the molecule is CCOC(=O)c1ccc2nc(C)c3nnc(-c4ccccc4F)n3c2c1. The number of fused-ring (bicyclic) bond motifs is 3. The summed E-state index contributed by atoms with van der Waals surface area (Å²) in [6, 6.07) is 11.4. The number of carbonyl (C=O) groups is 1. The third-order valence-corrected chi connectivity index (χ3v) is 4.12. The maximum absolute atomic E-state index is 14.3. The summed E-state index contributed by atoms with van der Waals surface area (Å²) in [6.07, 6.45) is 0. The molecule has 0 aliphatic rings. The van der Waals surface area contributed by atoms with Crippen LogP contribution in [0.2, 0.25) is 0 Å². The number of halogens is 1. The second-order valence-corrected chi connectivity index (χ2v) is 5.78. The minimum absolute atomic E-state index is 0.283. The van der Waals surface area contributed by atoms with Crippen molar-refractivity contribution < 1.29 is 13.9 Å². The van der Waals surface area contributed by atoms with Gasteiger partial charge < -0.3 is 4.74 Å². The lowest BCUT2D eigenvalue weighted by atomic mass is 10.1. The summed E-state index contributed by atoms with van der Waals surface area (Å²) in [7, 11) is 0. The molecule has 0 unspecified atom stereocenters. The fraction of sp³-hybridized carbons (Fsp3) is 0.158. The van der Waals surface area contributed by atoms with Gasteiger partial charge in [0.1, 0.15) is 5.82 Å². The molecule has 2 aromatic heterocycles. The maximum atomic E-state index is 14.3. The third kappa shape index (κ3) is 2.48. The Kier molecular flexibility index (Phi) is 3.84. The van der Waals surface area contributed by atoms with Gasteiger partial charge in [-0.3, -0.25) is 4.40 Å². The topological polar surface area (TPSA) is 69.4 Å². The molecular formula is C19H15FN4O2. The number of aryl methyl sites for hydroxylation is 1. The third-order valence-electron chi connectivity index (χ3n) is 4.12. The molecule has 0 aliphatic carbocycles. The highest BCUT2D eigenvalue weighted by molar-refractivity contribution is 5.94. The van der Waals surface area contributed by atoms with Gasteiger partial charge in [-0.2, -0.15) is 0 Å². The van der Waals surface area contributed by atoms with E-state index in [9.17, 15) is 9.18 Å². The van der Waals surface area contributed by atoms with Crippen LogP contribution in [0.15, 0.2) is 42.5 Å². The molecule has 0 fully saturated rings. The van der Waals surface area contributed by atoms with Crippen molar-refractivity contribution in [2.45, 2.75) is 13.8 Å². The fourth-order valence-corrected chi connectivity index (χ4v) is 2.93. The van der Waals surface area contributed by atoms with E-state index in [0.717, 1.165) is 0 Å². The molecule has 26 heavy (non-hydrogen) atoms. The van der Waals surface area contributed by atoms with E-state index in [2.05, 4.69) is 15.2 Å². The number of nitrogens with zero attached hydrogens (tertiary/aromatic N) is 4. The molecule has 0 amide bonds. The van der Waals surface area contributed by atoms with Crippen molar-refractivity contribution in [3.8, 4) is 11.4 Å². The van der Waals surface area contributed by atoms with Crippen LogP contribution in [0.4, 0.5) is 4.39 Å². The van der Waals surface area contributed by atoms with Gasteiger partial charge in [0.05, 0.1) is 34.5 Å². The van der Waals surface area contributed by atoms with Crippen LogP contribution in [0.3, 0.4) is 0 Å². The Morgan fingerprint density at radius 1 is 1.19 bits per heavy atom. The second-order valence-electron chi connectivity index (χ2n) is 5.78. The molecule has 4 aromatic rings. The number of ether oxygens (including phenoxy) is 1. The van der Waals surface area contributed by atoms with E-state index in [1.807, 2.05) is 6.92 Å². The lowest BCUT2D eigenvalue weighted by molar-refractivity contribution is 0.0526. The monoisotopic (exact) mass is 350 g/mol. The van der Waals surface area contributed by atoms with Crippen molar-refractivity contribution in [3.05, 3.63) is 59.5 Å². The Morgan fingerprint density at radius 3 is 2.77 bits per heavy atom. The lowest BCUT2D eigenvalue weighted by Gasteiger charge is -2.09. The van der Waals surface area contributed by atoms with Gasteiger partial charge in [0, 0.05) is 0 Å². The predicted molar refractivity (Wildman–Crippen MR) is 94.4 cm³/mol. The molecule has 2 heterocycles. The number of esters is 1. The Bertz CT molecular complexity index is 1150. The zero-order valence-electron chi connectivity index (χ0n) is 14.2. The summed E-state index contributed by atoms with van der Waals surface area (Å²) in [5.74, 6) is -0.468. The standard InChI is InChI=1S/C19H15FN4O2/c1-3-26-19(25)12-8-9-15-16(10-12)24-17(11(2)21-15)22-23-18(24)13-6-4-5-7-14(13)20/h4-10H,3H2,1-2H3. The Balaban J connectivity index is 2.06. The van der Waals surface area contributed by atoms with Gasteiger partial charge >= 0.3 is 5.97 Å². The summed E-state index contributed by atoms with van der Waals surface area (Å²) in [4.78, 5) is 16.6. The molecule has 0 saturated carbocycles. The minimum Gasteiger partial charge on any atom is -0.462 e. The van der Waals surface area contributed by atoms with Crippen LogP contribution in [0.1, 0.15) is 23.0 Å². The average molecular weight is 350 g/mol. The zero-order chi connectivity index (χ0) is 18.3. The molecule has 0 aliphatic heterocycles. The average Bonchev–Trinajstić information content (AvgIpc) is 3.08. The Hall–Kier alpha value is -3.35. The molecule has 0 atom stereocenters. The summed E-state index contributed by atoms with van der Waals surface area (Å²) in [5.41, 5.74) is 3.15. The van der Waals surface area contributed by atoms with E-state index in [0.29, 0.717) is 39.3 Å². The molecule has 2 aromatic carbocycles. The Labute approximate surface area is 148 Å². The number of hydrogen-bond acceptors (Lipinski definition) is 5. The van der Waals surface area contributed by atoms with Gasteiger partial charge in [-0.1, -0.05) is 12.1 Å². The fourth-order valence-electron chi connectivity index (χ4n) is 2.93. The molecule has 0 N–H and O–H groups in total. The van der Waals surface area contributed by atoms with Crippen molar-refractivity contribution in [1.29, 1.82) is 0 Å². The van der Waals surface area contributed by atoms with Crippen molar-refractivity contribution >= 4 is 22.6 Å². The molecule has 6 nitrogen and oxygen atoms in total. The predicted octanol–water partition coefficient (Wildman–Crippen LogP) is 3.57. The minimum atomic E-state index is -0.427. The molecule has 0 radical (unpaired) electrons. The van der Waals surface area contributed by atoms with Gasteiger partial charge in [0.2, 0.25) is 0 Å². The van der Waals surface area contributed by atoms with E-state index in [-0.39, 0.29) is 6.61 Å². The summed E-state index contributed by atoms with van der Waals surface area (Å²) >= 11 is 0. The van der Waals surface area contributed by atoms with Crippen LogP contribution in [0, 0.1) is 12.7 Å². The first kappa shape index (κ1) is 16.1. The van der Waals surface area contributed by atoms with Gasteiger partial charge in [0.25, 0.3) is 0 Å². The lowest BCUT2D eigenvalue weighted by Crippen LogP contribution is -2.06. The smallest absolute Gasteiger partial charge is 0.338 e. The number of carbonyl (C=O) groups excluding carboxylic acids is 1. The first-order valence-corrected chi connectivity index (χ1v) is 8.17. The van der Waals surface area contributed by atoms with Crippen LogP contribution < -0.4 is 0 Å². The van der Waals surface area contributed by atoms with Crippen LogP contribution in [0.5, 0.6) is 0 Å². The zero-order valence-corrected chi connectivity index (χ0v) is 14.2. The van der Waals surface area contributed by atoms with Crippen molar-refractivity contribution in [3.63, 3.8) is 0 Å². The maximum Gasteiger partial charge on any atom is 0.338 e. The molecule has 7 heteroatoms. The molecule has 0 spiro atoms.